The van der Waals surface area contributed by atoms with Crippen molar-refractivity contribution in [2.24, 2.45) is 0 Å². The molecule has 3 aromatic rings. The van der Waals surface area contributed by atoms with Crippen molar-refractivity contribution in [1.29, 1.82) is 0 Å². The van der Waals surface area contributed by atoms with Gasteiger partial charge in [-0.15, -0.1) is 20.4 Å². The molecule has 9 heteroatoms. The van der Waals surface area contributed by atoms with Crippen LogP contribution in [-0.2, 0) is 11.2 Å². The van der Waals surface area contributed by atoms with Gasteiger partial charge in [0, 0.05) is 18.9 Å². The molecular weight excluding hydrogens is 440 g/mol. The van der Waals surface area contributed by atoms with E-state index in [1.54, 1.807) is 11.3 Å². The second-order valence-corrected chi connectivity index (χ2v) is 10.1. The molecule has 1 fully saturated rings. The number of rotatable bonds is 7. The number of allylic oxidation sites excluding steroid dienone is 1. The molecule has 4 rings (SSSR count). The van der Waals surface area contributed by atoms with Crippen molar-refractivity contribution < 1.29 is 4.79 Å². The Kier molecular flexibility index (Phi) is 7.26. The summed E-state index contributed by atoms with van der Waals surface area (Å²) >= 11 is 3.12. The van der Waals surface area contributed by atoms with Gasteiger partial charge < -0.3 is 10.6 Å². The molecule has 1 saturated carbocycles. The standard InChI is InChI=1S/C23H28N6OS2/c1-4-7-18-14(2)8-5-9-15(18)13-19(30)25-23-29-27-21(32-23)17-11-6-10-16(12-17)20-26-28-22(24-3)31-20/h4-5,7-9,16-17H,6,10-13H2,1-3H3,(H,24,28)(H,25,29,30)/b7-4-. The number of anilines is 2. The monoisotopic (exact) mass is 468 g/mol. The minimum atomic E-state index is -0.0703. The second kappa shape index (κ2) is 10.3. The molecule has 2 aromatic heterocycles. The van der Waals surface area contributed by atoms with Gasteiger partial charge in [0.05, 0.1) is 6.42 Å². The van der Waals surface area contributed by atoms with Gasteiger partial charge in [0.25, 0.3) is 0 Å². The third-order valence-corrected chi connectivity index (χ3v) is 7.92. The average molecular weight is 469 g/mol. The molecule has 7 nitrogen and oxygen atoms in total. The summed E-state index contributed by atoms with van der Waals surface area (Å²) in [5.74, 6) is 0.678. The van der Waals surface area contributed by atoms with Crippen LogP contribution in [0.3, 0.4) is 0 Å². The molecule has 1 amide bonds. The molecule has 32 heavy (non-hydrogen) atoms. The lowest BCUT2D eigenvalue weighted by Gasteiger charge is -2.25. The fraction of sp³-hybridized carbons (Fsp3) is 0.435. The molecular formula is C23H28N6OS2. The van der Waals surface area contributed by atoms with Crippen LogP contribution in [0.15, 0.2) is 24.3 Å². The normalized spacial score (nSPS) is 18.7. The highest BCUT2D eigenvalue weighted by Crippen LogP contribution is 2.43. The van der Waals surface area contributed by atoms with Gasteiger partial charge in [0.1, 0.15) is 10.0 Å². The van der Waals surface area contributed by atoms with Crippen LogP contribution < -0.4 is 10.6 Å². The van der Waals surface area contributed by atoms with Crippen molar-refractivity contribution >= 4 is 44.9 Å². The first-order chi connectivity index (χ1) is 15.6. The molecule has 168 valence electrons. The molecule has 2 unspecified atom stereocenters. The average Bonchev–Trinajstić information content (AvgIpc) is 3.46. The zero-order valence-electron chi connectivity index (χ0n) is 18.6. The molecule has 0 spiro atoms. The zero-order chi connectivity index (χ0) is 22.5. The molecule has 1 aliphatic rings. The Morgan fingerprint density at radius 3 is 2.44 bits per heavy atom. The highest BCUT2D eigenvalue weighted by molar-refractivity contribution is 7.15. The van der Waals surface area contributed by atoms with E-state index in [4.69, 9.17) is 0 Å². The van der Waals surface area contributed by atoms with E-state index in [1.165, 1.54) is 11.3 Å². The van der Waals surface area contributed by atoms with Crippen molar-refractivity contribution in [2.45, 2.75) is 57.8 Å². The fourth-order valence-corrected chi connectivity index (χ4v) is 5.98. The van der Waals surface area contributed by atoms with Gasteiger partial charge in [-0.2, -0.15) is 0 Å². The number of hydrogen-bond donors (Lipinski definition) is 2. The van der Waals surface area contributed by atoms with E-state index in [-0.39, 0.29) is 5.91 Å². The molecule has 0 bridgehead atoms. The summed E-state index contributed by atoms with van der Waals surface area (Å²) in [6.45, 7) is 4.05. The maximum absolute atomic E-state index is 12.7. The van der Waals surface area contributed by atoms with E-state index >= 15 is 0 Å². The van der Waals surface area contributed by atoms with E-state index in [1.807, 2.05) is 32.2 Å². The van der Waals surface area contributed by atoms with E-state index in [2.05, 4.69) is 50.1 Å². The van der Waals surface area contributed by atoms with E-state index in [9.17, 15) is 4.79 Å². The van der Waals surface area contributed by atoms with Crippen molar-refractivity contribution in [1.82, 2.24) is 20.4 Å². The van der Waals surface area contributed by atoms with Crippen molar-refractivity contribution in [3.05, 3.63) is 51.0 Å². The Bertz CT molecular complexity index is 1110. The molecule has 0 radical (unpaired) electrons. The van der Waals surface area contributed by atoms with Crippen LogP contribution in [0.25, 0.3) is 6.08 Å². The lowest BCUT2D eigenvalue weighted by Crippen LogP contribution is -2.15. The van der Waals surface area contributed by atoms with Gasteiger partial charge in [-0.1, -0.05) is 59.4 Å². The van der Waals surface area contributed by atoms with Crippen LogP contribution in [0.2, 0.25) is 0 Å². The SMILES string of the molecule is C/C=C\c1c(C)cccc1CC(=O)Nc1nnc(C2CCCC(c3nnc(NC)s3)C2)s1. The molecule has 2 N–H and O–H groups in total. The van der Waals surface area contributed by atoms with Crippen LogP contribution in [0.4, 0.5) is 10.3 Å². The van der Waals surface area contributed by atoms with Crippen LogP contribution in [0.5, 0.6) is 0 Å². The third-order valence-electron chi connectivity index (χ3n) is 5.81. The summed E-state index contributed by atoms with van der Waals surface area (Å²) in [5.41, 5.74) is 3.28. The Morgan fingerprint density at radius 1 is 1.09 bits per heavy atom. The van der Waals surface area contributed by atoms with Gasteiger partial charge in [0.2, 0.25) is 16.2 Å². The van der Waals surface area contributed by atoms with Crippen LogP contribution in [0, 0.1) is 6.92 Å². The molecule has 1 aliphatic carbocycles. The number of nitrogens with one attached hydrogen (secondary N) is 2. The highest BCUT2D eigenvalue weighted by atomic mass is 32.1. The molecule has 2 heterocycles. The minimum absolute atomic E-state index is 0.0703. The predicted molar refractivity (Wildman–Crippen MR) is 132 cm³/mol. The molecule has 0 saturated heterocycles. The van der Waals surface area contributed by atoms with Crippen molar-refractivity contribution in [3.8, 4) is 0 Å². The van der Waals surface area contributed by atoms with Gasteiger partial charge in [-0.05, 0) is 49.8 Å². The lowest BCUT2D eigenvalue weighted by molar-refractivity contribution is -0.115. The summed E-state index contributed by atoms with van der Waals surface area (Å²) in [4.78, 5) is 12.7. The fourth-order valence-electron chi connectivity index (χ4n) is 4.23. The summed E-state index contributed by atoms with van der Waals surface area (Å²) in [7, 11) is 1.87. The maximum atomic E-state index is 12.7. The van der Waals surface area contributed by atoms with Crippen molar-refractivity contribution in [3.63, 3.8) is 0 Å². The Hall–Kier alpha value is -2.65. The van der Waals surface area contributed by atoms with Crippen LogP contribution in [-0.4, -0.2) is 33.3 Å². The Balaban J connectivity index is 1.39. The van der Waals surface area contributed by atoms with Gasteiger partial charge in [0.15, 0.2) is 0 Å². The first-order valence-electron chi connectivity index (χ1n) is 10.9. The van der Waals surface area contributed by atoms with E-state index < -0.39 is 0 Å². The number of hydrogen-bond acceptors (Lipinski definition) is 8. The van der Waals surface area contributed by atoms with Crippen molar-refractivity contribution in [2.75, 3.05) is 17.7 Å². The number of benzene rings is 1. The predicted octanol–water partition coefficient (Wildman–Crippen LogP) is 5.40. The molecule has 0 aliphatic heterocycles. The van der Waals surface area contributed by atoms with Gasteiger partial charge in [-0.3, -0.25) is 4.79 Å². The molecule has 1 aromatic carbocycles. The van der Waals surface area contributed by atoms with Crippen LogP contribution in [0.1, 0.15) is 71.1 Å². The Morgan fingerprint density at radius 2 is 1.78 bits per heavy atom. The lowest BCUT2D eigenvalue weighted by atomic mass is 9.82. The number of nitrogens with zero attached hydrogens (tertiary/aromatic N) is 4. The number of amides is 1. The summed E-state index contributed by atoms with van der Waals surface area (Å²) in [6, 6.07) is 6.06. The van der Waals surface area contributed by atoms with Crippen LogP contribution >= 0.6 is 22.7 Å². The second-order valence-electron chi connectivity index (χ2n) is 8.07. The number of aromatic nitrogens is 4. The first-order valence-corrected chi connectivity index (χ1v) is 12.6. The summed E-state index contributed by atoms with van der Waals surface area (Å²) in [6.07, 6.45) is 8.71. The van der Waals surface area contributed by atoms with E-state index in [0.717, 1.165) is 57.5 Å². The smallest absolute Gasteiger partial charge is 0.230 e. The first kappa shape index (κ1) is 22.5. The number of carbonyl (C=O) groups is 1. The largest absolute Gasteiger partial charge is 0.363 e. The Labute approximate surface area is 196 Å². The van der Waals surface area contributed by atoms with Gasteiger partial charge >= 0.3 is 0 Å². The third kappa shape index (κ3) is 5.21. The minimum Gasteiger partial charge on any atom is -0.363 e. The van der Waals surface area contributed by atoms with Gasteiger partial charge in [-0.25, -0.2) is 0 Å². The summed E-state index contributed by atoms with van der Waals surface area (Å²) < 4.78 is 0. The van der Waals surface area contributed by atoms with E-state index in [0.29, 0.717) is 23.4 Å². The summed E-state index contributed by atoms with van der Waals surface area (Å²) in [5, 5.41) is 26.7. The molecule has 2 atom stereocenters. The maximum Gasteiger partial charge on any atom is 0.230 e. The number of aryl methyl sites for hydroxylation is 1. The zero-order valence-corrected chi connectivity index (χ0v) is 20.2. The quantitative estimate of drug-likeness (QED) is 0.483. The topological polar surface area (TPSA) is 92.7 Å². The number of carbonyl (C=O) groups excluding carboxylic acids is 1. The highest BCUT2D eigenvalue weighted by Gasteiger charge is 2.29.